The Kier molecular flexibility index (Phi) is 6.14. The molecule has 4 unspecified atom stereocenters. The van der Waals surface area contributed by atoms with Crippen LogP contribution in [-0.4, -0.2) is 30.1 Å². The molecule has 1 saturated carbocycles. The lowest BCUT2D eigenvalue weighted by Gasteiger charge is -2.45. The molecule has 21 heavy (non-hydrogen) atoms. The van der Waals surface area contributed by atoms with Crippen LogP contribution in [0.2, 0.25) is 0 Å². The van der Waals surface area contributed by atoms with Gasteiger partial charge in [-0.05, 0) is 68.9 Å². The fourth-order valence-corrected chi connectivity index (χ4v) is 4.59. The highest BCUT2D eigenvalue weighted by molar-refractivity contribution is 4.93. The van der Waals surface area contributed by atoms with Crippen molar-refractivity contribution in [3.63, 3.8) is 0 Å². The standard InChI is InChI=1S/C19H38N2/c1-5-7-15-8-6-12-21(13-11-15)18-14-16(19(2,3)4)9-10-17(18)20/h15-18H,5-14,20H2,1-4H3. The minimum atomic E-state index is 0.409. The van der Waals surface area contributed by atoms with E-state index in [0.717, 1.165) is 11.8 Å². The van der Waals surface area contributed by atoms with Crippen molar-refractivity contribution in [1.82, 2.24) is 4.90 Å². The molecule has 2 nitrogen and oxygen atoms in total. The first-order chi connectivity index (χ1) is 9.91. The van der Waals surface area contributed by atoms with Crippen molar-refractivity contribution in [2.75, 3.05) is 13.1 Å². The second kappa shape index (κ2) is 7.46. The zero-order valence-corrected chi connectivity index (χ0v) is 14.9. The number of rotatable bonds is 3. The van der Waals surface area contributed by atoms with Gasteiger partial charge in [-0.15, -0.1) is 0 Å². The molecule has 1 saturated heterocycles. The molecular weight excluding hydrogens is 256 g/mol. The second-order valence-electron chi connectivity index (χ2n) is 8.73. The average molecular weight is 295 g/mol. The summed E-state index contributed by atoms with van der Waals surface area (Å²) in [6.07, 6.45) is 10.9. The predicted molar refractivity (Wildman–Crippen MR) is 92.4 cm³/mol. The van der Waals surface area contributed by atoms with Gasteiger partial charge in [-0.3, -0.25) is 4.90 Å². The molecule has 2 N–H and O–H groups in total. The fourth-order valence-electron chi connectivity index (χ4n) is 4.59. The Bertz CT molecular complexity index is 307. The summed E-state index contributed by atoms with van der Waals surface area (Å²) >= 11 is 0. The molecule has 0 bridgehead atoms. The van der Waals surface area contributed by atoms with E-state index in [1.807, 2.05) is 0 Å². The SMILES string of the molecule is CCCC1CCCN(C2CC(C(C)(C)C)CCC2N)CC1. The molecule has 0 aromatic rings. The van der Waals surface area contributed by atoms with E-state index in [-0.39, 0.29) is 0 Å². The molecule has 0 aromatic heterocycles. The Balaban J connectivity index is 1.95. The van der Waals surface area contributed by atoms with Crippen LogP contribution < -0.4 is 5.73 Å². The van der Waals surface area contributed by atoms with E-state index in [2.05, 4.69) is 32.6 Å². The summed E-state index contributed by atoms with van der Waals surface area (Å²) < 4.78 is 0. The molecule has 0 spiro atoms. The molecule has 1 aliphatic heterocycles. The monoisotopic (exact) mass is 294 g/mol. The third-order valence-corrected chi connectivity index (χ3v) is 6.14. The highest BCUT2D eigenvalue weighted by Crippen LogP contribution is 2.39. The van der Waals surface area contributed by atoms with Crippen LogP contribution in [-0.2, 0) is 0 Å². The smallest absolute Gasteiger partial charge is 0.0250 e. The first-order valence-electron chi connectivity index (χ1n) is 9.41. The minimum Gasteiger partial charge on any atom is -0.326 e. The van der Waals surface area contributed by atoms with Gasteiger partial charge in [0.25, 0.3) is 0 Å². The van der Waals surface area contributed by atoms with Crippen LogP contribution >= 0.6 is 0 Å². The first kappa shape index (κ1) is 17.3. The third kappa shape index (κ3) is 4.69. The topological polar surface area (TPSA) is 29.3 Å². The van der Waals surface area contributed by atoms with Crippen LogP contribution in [0.3, 0.4) is 0 Å². The van der Waals surface area contributed by atoms with Gasteiger partial charge in [0.15, 0.2) is 0 Å². The van der Waals surface area contributed by atoms with E-state index in [9.17, 15) is 0 Å². The molecule has 124 valence electrons. The van der Waals surface area contributed by atoms with Gasteiger partial charge in [-0.1, -0.05) is 40.5 Å². The number of likely N-dealkylation sites (tertiary alicyclic amines) is 1. The van der Waals surface area contributed by atoms with Crippen LogP contribution in [0.4, 0.5) is 0 Å². The van der Waals surface area contributed by atoms with Gasteiger partial charge in [0.1, 0.15) is 0 Å². The summed E-state index contributed by atoms with van der Waals surface area (Å²) in [6, 6.07) is 1.05. The Morgan fingerprint density at radius 3 is 2.48 bits per heavy atom. The maximum absolute atomic E-state index is 6.52. The van der Waals surface area contributed by atoms with E-state index in [0.29, 0.717) is 17.5 Å². The van der Waals surface area contributed by atoms with Gasteiger partial charge in [0.2, 0.25) is 0 Å². The summed E-state index contributed by atoms with van der Waals surface area (Å²) in [7, 11) is 0. The predicted octanol–water partition coefficient (Wildman–Crippen LogP) is 4.43. The molecule has 1 aliphatic carbocycles. The molecule has 2 fully saturated rings. The van der Waals surface area contributed by atoms with Crippen molar-refractivity contribution in [3.8, 4) is 0 Å². The lowest BCUT2D eigenvalue weighted by Crippen LogP contribution is -2.52. The Morgan fingerprint density at radius 2 is 1.81 bits per heavy atom. The largest absolute Gasteiger partial charge is 0.326 e. The molecular formula is C19H38N2. The van der Waals surface area contributed by atoms with Gasteiger partial charge in [-0.2, -0.15) is 0 Å². The van der Waals surface area contributed by atoms with E-state index in [4.69, 9.17) is 5.73 Å². The fraction of sp³-hybridized carbons (Fsp3) is 1.00. The van der Waals surface area contributed by atoms with E-state index in [1.54, 1.807) is 0 Å². The summed E-state index contributed by atoms with van der Waals surface area (Å²) in [5, 5.41) is 0. The van der Waals surface area contributed by atoms with Crippen LogP contribution in [0.25, 0.3) is 0 Å². The van der Waals surface area contributed by atoms with E-state index in [1.165, 1.54) is 64.5 Å². The average Bonchev–Trinajstić information content (AvgIpc) is 2.64. The van der Waals surface area contributed by atoms with Crippen LogP contribution in [0.1, 0.15) is 79.1 Å². The van der Waals surface area contributed by atoms with Crippen molar-refractivity contribution in [1.29, 1.82) is 0 Å². The highest BCUT2D eigenvalue weighted by atomic mass is 15.2. The first-order valence-corrected chi connectivity index (χ1v) is 9.41. The Labute approximate surface area is 132 Å². The second-order valence-corrected chi connectivity index (χ2v) is 8.73. The molecule has 0 aromatic carbocycles. The number of hydrogen-bond donors (Lipinski definition) is 1. The molecule has 0 amide bonds. The molecule has 0 radical (unpaired) electrons. The van der Waals surface area contributed by atoms with Crippen LogP contribution in [0, 0.1) is 17.3 Å². The van der Waals surface area contributed by atoms with Crippen molar-refractivity contribution in [2.24, 2.45) is 23.0 Å². The summed E-state index contributed by atoms with van der Waals surface area (Å²) in [5.41, 5.74) is 6.96. The van der Waals surface area contributed by atoms with Crippen molar-refractivity contribution < 1.29 is 0 Å². The van der Waals surface area contributed by atoms with E-state index >= 15 is 0 Å². The normalized spacial score (nSPS) is 36.4. The summed E-state index contributed by atoms with van der Waals surface area (Å²) in [4.78, 5) is 2.76. The van der Waals surface area contributed by atoms with Gasteiger partial charge >= 0.3 is 0 Å². The van der Waals surface area contributed by atoms with Gasteiger partial charge in [-0.25, -0.2) is 0 Å². The molecule has 4 atom stereocenters. The lowest BCUT2D eigenvalue weighted by atomic mass is 9.69. The zero-order chi connectivity index (χ0) is 15.5. The number of nitrogens with zero attached hydrogens (tertiary/aromatic N) is 1. The summed E-state index contributed by atoms with van der Waals surface area (Å²) in [6.45, 7) is 12.1. The van der Waals surface area contributed by atoms with Gasteiger partial charge in [0, 0.05) is 12.1 Å². The van der Waals surface area contributed by atoms with Crippen LogP contribution in [0.15, 0.2) is 0 Å². The third-order valence-electron chi connectivity index (χ3n) is 6.14. The van der Waals surface area contributed by atoms with Crippen LogP contribution in [0.5, 0.6) is 0 Å². The summed E-state index contributed by atoms with van der Waals surface area (Å²) in [5.74, 6) is 1.82. The molecule has 2 rings (SSSR count). The zero-order valence-electron chi connectivity index (χ0n) is 14.9. The van der Waals surface area contributed by atoms with E-state index < -0.39 is 0 Å². The van der Waals surface area contributed by atoms with Gasteiger partial charge < -0.3 is 5.73 Å². The van der Waals surface area contributed by atoms with Crippen molar-refractivity contribution in [3.05, 3.63) is 0 Å². The quantitative estimate of drug-likeness (QED) is 0.834. The lowest BCUT2D eigenvalue weighted by molar-refractivity contribution is 0.0705. The number of hydrogen-bond acceptors (Lipinski definition) is 2. The number of nitrogens with two attached hydrogens (primary N) is 1. The van der Waals surface area contributed by atoms with Gasteiger partial charge in [0.05, 0.1) is 0 Å². The maximum atomic E-state index is 6.52. The van der Waals surface area contributed by atoms with Crippen molar-refractivity contribution in [2.45, 2.75) is 91.1 Å². The van der Waals surface area contributed by atoms with Crippen molar-refractivity contribution >= 4 is 0 Å². The molecule has 1 heterocycles. The molecule has 2 heteroatoms. The Morgan fingerprint density at radius 1 is 1.05 bits per heavy atom. The minimum absolute atomic E-state index is 0.409. The maximum Gasteiger partial charge on any atom is 0.0250 e. The highest BCUT2D eigenvalue weighted by Gasteiger charge is 2.37. The Hall–Kier alpha value is -0.0800. The molecule has 2 aliphatic rings.